The fourth-order valence-corrected chi connectivity index (χ4v) is 1.82. The Morgan fingerprint density at radius 2 is 2.13 bits per heavy atom. The van der Waals surface area contributed by atoms with Crippen LogP contribution in [-0.4, -0.2) is 18.3 Å². The zero-order valence-electron chi connectivity index (χ0n) is 9.16. The topological polar surface area (TPSA) is 40.2 Å². The summed E-state index contributed by atoms with van der Waals surface area (Å²) in [4.78, 5) is 0. The van der Waals surface area contributed by atoms with E-state index in [2.05, 4.69) is 29.8 Å². The smallest absolute Gasteiger partial charge is 0.0641 e. The third-order valence-electron chi connectivity index (χ3n) is 2.80. The van der Waals surface area contributed by atoms with Crippen molar-refractivity contribution >= 4 is 16.6 Å². The molecule has 0 radical (unpaired) electrons. The van der Waals surface area contributed by atoms with Gasteiger partial charge in [-0.2, -0.15) is 0 Å². The quantitative estimate of drug-likeness (QED) is 0.778. The van der Waals surface area contributed by atoms with Crippen LogP contribution in [0.5, 0.6) is 0 Å². The number of benzene rings is 1. The second-order valence-electron chi connectivity index (χ2n) is 3.71. The maximum Gasteiger partial charge on any atom is 0.0641 e. The summed E-state index contributed by atoms with van der Waals surface area (Å²) in [5, 5.41) is 1.23. The molecule has 0 atom stereocenters. The minimum absolute atomic E-state index is 0.729. The van der Waals surface area contributed by atoms with Gasteiger partial charge in [-0.1, -0.05) is 0 Å². The Morgan fingerprint density at radius 1 is 1.33 bits per heavy atom. The van der Waals surface area contributed by atoms with Crippen LogP contribution in [0.4, 0.5) is 5.69 Å². The Kier molecular flexibility index (Phi) is 2.64. The van der Waals surface area contributed by atoms with Gasteiger partial charge in [-0.05, 0) is 30.7 Å². The summed E-state index contributed by atoms with van der Waals surface area (Å²) < 4.78 is 7.26. The number of rotatable bonds is 3. The van der Waals surface area contributed by atoms with Crippen LogP contribution in [0.2, 0.25) is 0 Å². The van der Waals surface area contributed by atoms with E-state index in [4.69, 9.17) is 10.5 Å². The van der Waals surface area contributed by atoms with Crippen molar-refractivity contribution in [3.8, 4) is 0 Å². The Bertz CT molecular complexity index is 474. The summed E-state index contributed by atoms with van der Waals surface area (Å²) in [6.07, 6.45) is 2.08. The van der Waals surface area contributed by atoms with Gasteiger partial charge in [-0.25, -0.2) is 0 Å². The van der Waals surface area contributed by atoms with E-state index in [0.29, 0.717) is 0 Å². The molecule has 0 spiro atoms. The fourth-order valence-electron chi connectivity index (χ4n) is 1.82. The highest BCUT2D eigenvalue weighted by Gasteiger charge is 2.04. The zero-order valence-corrected chi connectivity index (χ0v) is 9.16. The summed E-state index contributed by atoms with van der Waals surface area (Å²) in [6.45, 7) is 3.66. The third-order valence-corrected chi connectivity index (χ3v) is 2.80. The SMILES string of the molecule is COCCn1ccc2c(C)c(N)ccc21. The maximum absolute atomic E-state index is 5.86. The minimum Gasteiger partial charge on any atom is -0.398 e. The average Bonchev–Trinajstić information content (AvgIpc) is 2.64. The van der Waals surface area contributed by atoms with E-state index in [1.165, 1.54) is 10.9 Å². The number of fused-ring (bicyclic) bond motifs is 1. The molecule has 3 nitrogen and oxygen atoms in total. The first-order valence-electron chi connectivity index (χ1n) is 5.07. The van der Waals surface area contributed by atoms with E-state index < -0.39 is 0 Å². The molecule has 0 aliphatic heterocycles. The van der Waals surface area contributed by atoms with Crippen molar-refractivity contribution in [3.05, 3.63) is 30.0 Å². The van der Waals surface area contributed by atoms with E-state index in [0.717, 1.165) is 24.4 Å². The number of aryl methyl sites for hydroxylation is 1. The second-order valence-corrected chi connectivity index (χ2v) is 3.71. The standard InChI is InChI=1S/C12H16N2O/c1-9-10-5-6-14(7-8-15-2)12(10)4-3-11(9)13/h3-6H,7-8,13H2,1-2H3. The zero-order chi connectivity index (χ0) is 10.8. The van der Waals surface area contributed by atoms with Crippen molar-refractivity contribution in [1.29, 1.82) is 0 Å². The van der Waals surface area contributed by atoms with Gasteiger partial charge in [0.15, 0.2) is 0 Å². The Balaban J connectivity index is 2.47. The molecule has 0 saturated carbocycles. The van der Waals surface area contributed by atoms with Crippen molar-refractivity contribution in [3.63, 3.8) is 0 Å². The summed E-state index contributed by atoms with van der Waals surface area (Å²) in [5.74, 6) is 0. The molecule has 15 heavy (non-hydrogen) atoms. The number of aromatic nitrogens is 1. The molecule has 0 bridgehead atoms. The van der Waals surface area contributed by atoms with Crippen LogP contribution in [0.25, 0.3) is 10.9 Å². The summed E-state index contributed by atoms with van der Waals surface area (Å²) in [7, 11) is 1.72. The van der Waals surface area contributed by atoms with Crippen LogP contribution < -0.4 is 5.73 Å². The van der Waals surface area contributed by atoms with Crippen molar-refractivity contribution in [1.82, 2.24) is 4.57 Å². The Labute approximate surface area is 89.4 Å². The van der Waals surface area contributed by atoms with E-state index in [1.54, 1.807) is 7.11 Å². The van der Waals surface area contributed by atoms with Crippen molar-refractivity contribution in [2.45, 2.75) is 13.5 Å². The molecule has 1 aromatic heterocycles. The van der Waals surface area contributed by atoms with Crippen LogP contribution in [0.3, 0.4) is 0 Å². The first kappa shape index (κ1) is 10.1. The molecule has 1 heterocycles. The number of ether oxygens (including phenoxy) is 1. The second kappa shape index (κ2) is 3.95. The lowest BCUT2D eigenvalue weighted by Crippen LogP contribution is -2.02. The van der Waals surface area contributed by atoms with E-state index in [1.807, 2.05) is 6.07 Å². The fraction of sp³-hybridized carbons (Fsp3) is 0.333. The first-order chi connectivity index (χ1) is 7.24. The lowest BCUT2D eigenvalue weighted by atomic mass is 10.1. The molecule has 1 aromatic carbocycles. The Hall–Kier alpha value is -1.48. The van der Waals surface area contributed by atoms with Crippen LogP contribution >= 0.6 is 0 Å². The lowest BCUT2D eigenvalue weighted by molar-refractivity contribution is 0.188. The molecular formula is C12H16N2O. The van der Waals surface area contributed by atoms with Crippen molar-refractivity contribution in [2.24, 2.45) is 0 Å². The number of nitrogens with zero attached hydrogens (tertiary/aromatic N) is 1. The molecule has 80 valence electrons. The van der Waals surface area contributed by atoms with Gasteiger partial charge < -0.3 is 15.0 Å². The number of nitrogens with two attached hydrogens (primary N) is 1. The summed E-state index contributed by atoms with van der Waals surface area (Å²) in [5.41, 5.74) is 9.09. The van der Waals surface area contributed by atoms with E-state index in [9.17, 15) is 0 Å². The van der Waals surface area contributed by atoms with Crippen LogP contribution in [0.1, 0.15) is 5.56 Å². The number of hydrogen-bond donors (Lipinski definition) is 1. The van der Waals surface area contributed by atoms with Crippen LogP contribution in [-0.2, 0) is 11.3 Å². The molecule has 2 aromatic rings. The van der Waals surface area contributed by atoms with Crippen molar-refractivity contribution < 1.29 is 4.74 Å². The van der Waals surface area contributed by atoms with Crippen LogP contribution in [0.15, 0.2) is 24.4 Å². The number of hydrogen-bond acceptors (Lipinski definition) is 2. The molecule has 0 unspecified atom stereocenters. The predicted octanol–water partition coefficient (Wildman–Crippen LogP) is 2.18. The highest BCUT2D eigenvalue weighted by molar-refractivity contribution is 5.87. The molecule has 0 aliphatic rings. The molecular weight excluding hydrogens is 188 g/mol. The molecule has 0 amide bonds. The number of methoxy groups -OCH3 is 1. The van der Waals surface area contributed by atoms with E-state index >= 15 is 0 Å². The third kappa shape index (κ3) is 1.70. The highest BCUT2D eigenvalue weighted by Crippen LogP contribution is 2.24. The molecule has 3 heteroatoms. The van der Waals surface area contributed by atoms with Gasteiger partial charge in [0.05, 0.1) is 6.61 Å². The van der Waals surface area contributed by atoms with E-state index in [-0.39, 0.29) is 0 Å². The molecule has 0 fully saturated rings. The lowest BCUT2D eigenvalue weighted by Gasteiger charge is -2.06. The molecule has 2 rings (SSSR count). The first-order valence-corrected chi connectivity index (χ1v) is 5.07. The average molecular weight is 204 g/mol. The van der Waals surface area contributed by atoms with Gasteiger partial charge in [0.1, 0.15) is 0 Å². The van der Waals surface area contributed by atoms with Gasteiger partial charge in [-0.3, -0.25) is 0 Å². The van der Waals surface area contributed by atoms with Gasteiger partial charge >= 0.3 is 0 Å². The number of nitrogen functional groups attached to an aromatic ring is 1. The molecule has 0 saturated heterocycles. The predicted molar refractivity (Wildman–Crippen MR) is 63.0 cm³/mol. The molecule has 2 N–H and O–H groups in total. The maximum atomic E-state index is 5.86. The summed E-state index contributed by atoms with van der Waals surface area (Å²) >= 11 is 0. The normalized spacial score (nSPS) is 11.1. The Morgan fingerprint density at radius 3 is 2.87 bits per heavy atom. The minimum atomic E-state index is 0.729. The van der Waals surface area contributed by atoms with Crippen molar-refractivity contribution in [2.75, 3.05) is 19.5 Å². The highest BCUT2D eigenvalue weighted by atomic mass is 16.5. The monoisotopic (exact) mass is 204 g/mol. The van der Waals surface area contributed by atoms with Gasteiger partial charge in [-0.15, -0.1) is 0 Å². The largest absolute Gasteiger partial charge is 0.398 e. The molecule has 0 aliphatic carbocycles. The van der Waals surface area contributed by atoms with Gasteiger partial charge in [0.25, 0.3) is 0 Å². The van der Waals surface area contributed by atoms with Crippen LogP contribution in [0, 0.1) is 6.92 Å². The van der Waals surface area contributed by atoms with Gasteiger partial charge in [0.2, 0.25) is 0 Å². The number of anilines is 1. The van der Waals surface area contributed by atoms with Gasteiger partial charge in [0, 0.05) is 36.4 Å². The summed E-state index contributed by atoms with van der Waals surface area (Å²) in [6, 6.07) is 6.13.